The lowest BCUT2D eigenvalue weighted by atomic mass is 9.95. The summed E-state index contributed by atoms with van der Waals surface area (Å²) in [5.74, 6) is 2.82. The maximum absolute atomic E-state index is 12.0. The minimum absolute atomic E-state index is 0.297. The standard InChI is InChI=1S/C15H25N3O2S/c1-20-11-10-18-9-6-16-15(18)13-3-7-17(8-4-13)14(19)5-12-21-2/h6,9,13H,3-5,7-8,10-12H2,1-2H3. The molecule has 0 aliphatic carbocycles. The number of ether oxygens (including phenoxy) is 1. The quantitative estimate of drug-likeness (QED) is 0.772. The van der Waals surface area contributed by atoms with Crippen molar-refractivity contribution in [1.82, 2.24) is 14.5 Å². The number of carbonyl (C=O) groups is 1. The predicted molar refractivity (Wildman–Crippen MR) is 85.7 cm³/mol. The van der Waals surface area contributed by atoms with E-state index in [2.05, 4.69) is 9.55 Å². The fourth-order valence-electron chi connectivity index (χ4n) is 2.79. The second-order valence-electron chi connectivity index (χ2n) is 5.37. The number of hydrogen-bond acceptors (Lipinski definition) is 4. The molecular formula is C15H25N3O2S. The fraction of sp³-hybridized carbons (Fsp3) is 0.733. The zero-order chi connectivity index (χ0) is 15.1. The molecule has 1 fully saturated rings. The van der Waals surface area contributed by atoms with Gasteiger partial charge in [0.15, 0.2) is 0 Å². The van der Waals surface area contributed by atoms with Crippen molar-refractivity contribution in [2.75, 3.05) is 38.8 Å². The zero-order valence-corrected chi connectivity index (χ0v) is 13.8. The van der Waals surface area contributed by atoms with Gasteiger partial charge in [-0.05, 0) is 19.1 Å². The van der Waals surface area contributed by atoms with Crippen molar-refractivity contribution >= 4 is 17.7 Å². The second-order valence-corrected chi connectivity index (χ2v) is 6.36. The van der Waals surface area contributed by atoms with Crippen LogP contribution in [0.2, 0.25) is 0 Å². The maximum atomic E-state index is 12.0. The van der Waals surface area contributed by atoms with Crippen LogP contribution in [0.25, 0.3) is 0 Å². The van der Waals surface area contributed by atoms with Crippen LogP contribution < -0.4 is 0 Å². The van der Waals surface area contributed by atoms with Crippen molar-refractivity contribution in [2.45, 2.75) is 31.7 Å². The van der Waals surface area contributed by atoms with Gasteiger partial charge in [-0.3, -0.25) is 4.79 Å². The van der Waals surface area contributed by atoms with E-state index in [0.717, 1.165) is 44.1 Å². The van der Waals surface area contributed by atoms with Crippen LogP contribution in [0.4, 0.5) is 0 Å². The third-order valence-electron chi connectivity index (χ3n) is 4.02. The third-order valence-corrected chi connectivity index (χ3v) is 4.63. The molecule has 0 spiro atoms. The fourth-order valence-corrected chi connectivity index (χ4v) is 3.17. The molecule has 1 amide bonds. The summed E-state index contributed by atoms with van der Waals surface area (Å²) >= 11 is 1.73. The number of amides is 1. The number of methoxy groups -OCH3 is 1. The first-order valence-electron chi connectivity index (χ1n) is 7.53. The minimum Gasteiger partial charge on any atom is -0.383 e. The van der Waals surface area contributed by atoms with Gasteiger partial charge in [-0.25, -0.2) is 4.98 Å². The van der Waals surface area contributed by atoms with Gasteiger partial charge in [0.05, 0.1) is 6.61 Å². The second kappa shape index (κ2) is 8.44. The number of hydrogen-bond donors (Lipinski definition) is 0. The van der Waals surface area contributed by atoms with Crippen LogP contribution in [0.15, 0.2) is 12.4 Å². The first-order valence-corrected chi connectivity index (χ1v) is 8.92. The van der Waals surface area contributed by atoms with Crippen LogP contribution in [0.1, 0.15) is 31.0 Å². The van der Waals surface area contributed by atoms with Gasteiger partial charge in [0.1, 0.15) is 5.82 Å². The van der Waals surface area contributed by atoms with Gasteiger partial charge < -0.3 is 14.2 Å². The summed E-state index contributed by atoms with van der Waals surface area (Å²) in [4.78, 5) is 18.6. The third kappa shape index (κ3) is 4.48. The van der Waals surface area contributed by atoms with Crippen LogP contribution in [-0.2, 0) is 16.1 Å². The number of piperidine rings is 1. The summed E-state index contributed by atoms with van der Waals surface area (Å²) in [6.45, 7) is 3.26. The summed E-state index contributed by atoms with van der Waals surface area (Å²) < 4.78 is 7.32. The van der Waals surface area contributed by atoms with Crippen molar-refractivity contribution in [1.29, 1.82) is 0 Å². The number of thioether (sulfide) groups is 1. The number of carbonyl (C=O) groups excluding carboxylic acids is 1. The highest BCUT2D eigenvalue weighted by Crippen LogP contribution is 2.27. The lowest BCUT2D eigenvalue weighted by Crippen LogP contribution is -2.38. The Kier molecular flexibility index (Phi) is 6.57. The molecule has 1 aromatic heterocycles. The van der Waals surface area contributed by atoms with Crippen molar-refractivity contribution in [3.8, 4) is 0 Å². The smallest absolute Gasteiger partial charge is 0.223 e. The van der Waals surface area contributed by atoms with Crippen LogP contribution >= 0.6 is 11.8 Å². The number of imidazole rings is 1. The van der Waals surface area contributed by atoms with Crippen molar-refractivity contribution in [3.05, 3.63) is 18.2 Å². The van der Waals surface area contributed by atoms with E-state index < -0.39 is 0 Å². The zero-order valence-electron chi connectivity index (χ0n) is 13.0. The topological polar surface area (TPSA) is 47.4 Å². The SMILES string of the molecule is COCCn1ccnc1C1CCN(C(=O)CCSC)CC1. The Labute approximate surface area is 131 Å². The number of likely N-dealkylation sites (tertiary alicyclic amines) is 1. The molecule has 1 saturated heterocycles. The lowest BCUT2D eigenvalue weighted by Gasteiger charge is -2.32. The molecule has 0 bridgehead atoms. The molecule has 1 aliphatic rings. The van der Waals surface area contributed by atoms with E-state index in [0.29, 0.717) is 24.9 Å². The number of nitrogens with zero attached hydrogens (tertiary/aromatic N) is 3. The summed E-state index contributed by atoms with van der Waals surface area (Å²) in [6, 6.07) is 0. The molecule has 21 heavy (non-hydrogen) atoms. The van der Waals surface area contributed by atoms with Gasteiger partial charge in [-0.2, -0.15) is 11.8 Å². The van der Waals surface area contributed by atoms with Gasteiger partial charge in [0, 0.05) is 57.2 Å². The van der Waals surface area contributed by atoms with Crippen LogP contribution in [0.5, 0.6) is 0 Å². The molecule has 5 nitrogen and oxygen atoms in total. The average Bonchev–Trinajstić information content (AvgIpc) is 2.99. The summed E-state index contributed by atoms with van der Waals surface area (Å²) in [6.07, 6.45) is 8.60. The molecule has 118 valence electrons. The van der Waals surface area contributed by atoms with Crippen molar-refractivity contribution in [2.24, 2.45) is 0 Å². The molecule has 0 unspecified atom stereocenters. The number of aromatic nitrogens is 2. The minimum atomic E-state index is 0.297. The van der Waals surface area contributed by atoms with E-state index in [1.165, 1.54) is 0 Å². The van der Waals surface area contributed by atoms with E-state index in [-0.39, 0.29) is 0 Å². The van der Waals surface area contributed by atoms with Gasteiger partial charge in [-0.15, -0.1) is 0 Å². The Morgan fingerprint density at radius 3 is 2.90 bits per heavy atom. The normalized spacial score (nSPS) is 16.4. The van der Waals surface area contributed by atoms with E-state index in [1.807, 2.05) is 23.5 Å². The molecule has 0 radical (unpaired) electrons. The molecule has 0 N–H and O–H groups in total. The lowest BCUT2D eigenvalue weighted by molar-refractivity contribution is -0.131. The van der Waals surface area contributed by atoms with Gasteiger partial charge in [-0.1, -0.05) is 0 Å². The van der Waals surface area contributed by atoms with E-state index in [4.69, 9.17) is 4.74 Å². The monoisotopic (exact) mass is 311 g/mol. The van der Waals surface area contributed by atoms with Crippen LogP contribution in [0, 0.1) is 0 Å². The largest absolute Gasteiger partial charge is 0.383 e. The molecular weight excluding hydrogens is 286 g/mol. The first-order chi connectivity index (χ1) is 10.3. The van der Waals surface area contributed by atoms with E-state index in [9.17, 15) is 4.79 Å². The molecule has 2 heterocycles. The Balaban J connectivity index is 1.86. The Morgan fingerprint density at radius 2 is 2.24 bits per heavy atom. The molecule has 6 heteroatoms. The van der Waals surface area contributed by atoms with E-state index >= 15 is 0 Å². The molecule has 1 aliphatic heterocycles. The maximum Gasteiger partial charge on any atom is 0.223 e. The van der Waals surface area contributed by atoms with Gasteiger partial charge >= 0.3 is 0 Å². The van der Waals surface area contributed by atoms with Crippen LogP contribution in [0.3, 0.4) is 0 Å². The average molecular weight is 311 g/mol. The molecule has 1 aromatic rings. The molecule has 2 rings (SSSR count). The highest BCUT2D eigenvalue weighted by molar-refractivity contribution is 7.98. The highest BCUT2D eigenvalue weighted by atomic mass is 32.2. The Morgan fingerprint density at radius 1 is 1.48 bits per heavy atom. The summed E-state index contributed by atoms with van der Waals surface area (Å²) in [5, 5.41) is 0. The summed E-state index contributed by atoms with van der Waals surface area (Å²) in [7, 11) is 1.72. The highest BCUT2D eigenvalue weighted by Gasteiger charge is 2.25. The van der Waals surface area contributed by atoms with E-state index in [1.54, 1.807) is 18.9 Å². The molecule has 0 aromatic carbocycles. The number of rotatable bonds is 7. The van der Waals surface area contributed by atoms with Crippen molar-refractivity contribution in [3.63, 3.8) is 0 Å². The van der Waals surface area contributed by atoms with Gasteiger partial charge in [0.25, 0.3) is 0 Å². The predicted octanol–water partition coefficient (Wildman–Crippen LogP) is 1.99. The molecule has 0 atom stereocenters. The Bertz CT molecular complexity index is 442. The van der Waals surface area contributed by atoms with Gasteiger partial charge in [0.2, 0.25) is 5.91 Å². The van der Waals surface area contributed by atoms with Crippen molar-refractivity contribution < 1.29 is 9.53 Å². The molecule has 0 saturated carbocycles. The first kappa shape index (κ1) is 16.4. The Hall–Kier alpha value is -1.01. The summed E-state index contributed by atoms with van der Waals surface area (Å²) in [5.41, 5.74) is 0. The van der Waals surface area contributed by atoms with Crippen LogP contribution in [-0.4, -0.2) is 59.2 Å².